The Morgan fingerprint density at radius 2 is 2.05 bits per heavy atom. The molecule has 0 saturated carbocycles. The van der Waals surface area contributed by atoms with Gasteiger partial charge in [0.2, 0.25) is 0 Å². The maximum atomic E-state index is 12.3. The van der Waals surface area contributed by atoms with Crippen molar-refractivity contribution in [3.8, 4) is 0 Å². The maximum Gasteiger partial charge on any atom is 0.279 e. The molecule has 2 rings (SSSR count). The molecule has 1 unspecified atom stereocenters. The molecule has 0 spiro atoms. The molecule has 0 aromatic carbocycles. The average Bonchev–Trinajstić information content (AvgIpc) is 2.87. The second-order valence-corrected chi connectivity index (χ2v) is 7.12. The van der Waals surface area contributed by atoms with Gasteiger partial charge in [0, 0.05) is 26.2 Å². The van der Waals surface area contributed by atoms with Crippen LogP contribution >= 0.6 is 0 Å². The molecule has 6 nitrogen and oxygen atoms in total. The van der Waals surface area contributed by atoms with Gasteiger partial charge in [-0.05, 0) is 44.7 Å². The van der Waals surface area contributed by atoms with Crippen LogP contribution in [0.5, 0.6) is 0 Å². The van der Waals surface area contributed by atoms with E-state index < -0.39 is 10.2 Å². The molecule has 2 heterocycles. The summed E-state index contributed by atoms with van der Waals surface area (Å²) in [6.45, 7) is 3.62. The fourth-order valence-corrected chi connectivity index (χ4v) is 4.42. The van der Waals surface area contributed by atoms with Gasteiger partial charge in [-0.25, -0.2) is 4.72 Å². The number of ether oxygens (including phenoxy) is 1. The molecule has 2 aliphatic rings. The molecule has 0 radical (unpaired) electrons. The van der Waals surface area contributed by atoms with Gasteiger partial charge in [0.1, 0.15) is 0 Å². The number of rotatable bonds is 6. The van der Waals surface area contributed by atoms with Crippen molar-refractivity contribution in [3.63, 3.8) is 0 Å². The van der Waals surface area contributed by atoms with E-state index in [4.69, 9.17) is 4.74 Å². The van der Waals surface area contributed by atoms with Gasteiger partial charge < -0.3 is 10.1 Å². The summed E-state index contributed by atoms with van der Waals surface area (Å²) in [5, 5.41) is 3.29. The number of nitrogens with zero attached hydrogens (tertiary/aromatic N) is 1. The van der Waals surface area contributed by atoms with Gasteiger partial charge in [0.25, 0.3) is 10.2 Å². The summed E-state index contributed by atoms with van der Waals surface area (Å²) in [6, 6.07) is -0.00415. The number of hydrogen-bond donors (Lipinski definition) is 2. The standard InChI is InChI=1S/C12H25N3O3S/c1-18-10-12-3-2-8-15(12)19(16,17)14-9-11-4-6-13-7-5-11/h11-14H,2-10H2,1H3. The van der Waals surface area contributed by atoms with Gasteiger partial charge in [0.15, 0.2) is 0 Å². The molecule has 0 aliphatic carbocycles. The van der Waals surface area contributed by atoms with E-state index in [2.05, 4.69) is 10.0 Å². The molecule has 0 aromatic heterocycles. The average molecular weight is 291 g/mol. The van der Waals surface area contributed by atoms with E-state index in [1.165, 1.54) is 0 Å². The number of methoxy groups -OCH3 is 1. The summed E-state index contributed by atoms with van der Waals surface area (Å²) in [5.41, 5.74) is 0. The zero-order valence-electron chi connectivity index (χ0n) is 11.6. The van der Waals surface area contributed by atoms with Crippen molar-refractivity contribution in [2.75, 3.05) is 39.9 Å². The van der Waals surface area contributed by atoms with Gasteiger partial charge >= 0.3 is 0 Å². The Morgan fingerprint density at radius 3 is 2.74 bits per heavy atom. The Bertz CT molecular complexity index is 368. The third-order valence-electron chi connectivity index (χ3n) is 4.00. The molecule has 0 bridgehead atoms. The molecule has 2 saturated heterocycles. The molecule has 2 fully saturated rings. The summed E-state index contributed by atoms with van der Waals surface area (Å²) in [6.07, 6.45) is 3.90. The molecule has 112 valence electrons. The first-order valence-corrected chi connectivity index (χ1v) is 8.53. The monoisotopic (exact) mass is 291 g/mol. The quantitative estimate of drug-likeness (QED) is 0.719. The van der Waals surface area contributed by atoms with Gasteiger partial charge in [0.05, 0.1) is 6.61 Å². The lowest BCUT2D eigenvalue weighted by Gasteiger charge is -2.27. The topological polar surface area (TPSA) is 70.7 Å². The van der Waals surface area contributed by atoms with E-state index >= 15 is 0 Å². The van der Waals surface area contributed by atoms with E-state index in [0.717, 1.165) is 38.8 Å². The van der Waals surface area contributed by atoms with Crippen molar-refractivity contribution in [2.45, 2.75) is 31.7 Å². The minimum atomic E-state index is -3.35. The molecule has 2 aliphatic heterocycles. The maximum absolute atomic E-state index is 12.3. The van der Waals surface area contributed by atoms with Crippen LogP contribution in [-0.4, -0.2) is 58.7 Å². The SMILES string of the molecule is COCC1CCCN1S(=O)(=O)NCC1CCNCC1. The van der Waals surface area contributed by atoms with Crippen molar-refractivity contribution < 1.29 is 13.2 Å². The summed E-state index contributed by atoms with van der Waals surface area (Å²) >= 11 is 0. The summed E-state index contributed by atoms with van der Waals surface area (Å²) in [7, 11) is -1.73. The molecule has 7 heteroatoms. The largest absolute Gasteiger partial charge is 0.383 e. The van der Waals surface area contributed by atoms with Crippen LogP contribution in [0.4, 0.5) is 0 Å². The summed E-state index contributed by atoms with van der Waals surface area (Å²) in [5.74, 6) is 0.458. The number of piperidine rings is 1. The predicted octanol–water partition coefficient (Wildman–Crippen LogP) is -0.0688. The molecular weight excluding hydrogens is 266 g/mol. The Hall–Kier alpha value is -0.210. The molecule has 2 N–H and O–H groups in total. The number of hydrogen-bond acceptors (Lipinski definition) is 4. The zero-order valence-corrected chi connectivity index (χ0v) is 12.4. The van der Waals surface area contributed by atoms with Crippen LogP contribution in [0, 0.1) is 5.92 Å². The van der Waals surface area contributed by atoms with E-state index in [9.17, 15) is 8.42 Å². The second kappa shape index (κ2) is 6.99. The first-order chi connectivity index (χ1) is 9.13. The highest BCUT2D eigenvalue weighted by Gasteiger charge is 2.34. The van der Waals surface area contributed by atoms with Crippen LogP contribution in [0.1, 0.15) is 25.7 Å². The summed E-state index contributed by atoms with van der Waals surface area (Å²) < 4.78 is 34.1. The predicted molar refractivity (Wildman–Crippen MR) is 74.1 cm³/mol. The highest BCUT2D eigenvalue weighted by Crippen LogP contribution is 2.21. The lowest BCUT2D eigenvalue weighted by atomic mass is 9.99. The fraction of sp³-hybridized carbons (Fsp3) is 1.00. The summed E-state index contributed by atoms with van der Waals surface area (Å²) in [4.78, 5) is 0. The van der Waals surface area contributed by atoms with E-state index in [-0.39, 0.29) is 6.04 Å². The van der Waals surface area contributed by atoms with Gasteiger partial charge in [-0.15, -0.1) is 0 Å². The minimum Gasteiger partial charge on any atom is -0.383 e. The lowest BCUT2D eigenvalue weighted by molar-refractivity contribution is 0.148. The third kappa shape index (κ3) is 4.13. The Balaban J connectivity index is 1.86. The van der Waals surface area contributed by atoms with Crippen molar-refractivity contribution in [3.05, 3.63) is 0 Å². The third-order valence-corrected chi connectivity index (χ3v) is 5.63. The molecule has 19 heavy (non-hydrogen) atoms. The van der Waals surface area contributed by atoms with Crippen LogP contribution < -0.4 is 10.0 Å². The van der Waals surface area contributed by atoms with Crippen molar-refractivity contribution in [1.29, 1.82) is 0 Å². The highest BCUT2D eigenvalue weighted by molar-refractivity contribution is 7.87. The van der Waals surface area contributed by atoms with Gasteiger partial charge in [-0.2, -0.15) is 12.7 Å². The lowest BCUT2D eigenvalue weighted by Crippen LogP contribution is -2.47. The van der Waals surface area contributed by atoms with Gasteiger partial charge in [-0.1, -0.05) is 0 Å². The number of nitrogens with one attached hydrogen (secondary N) is 2. The first kappa shape index (κ1) is 15.2. The van der Waals surface area contributed by atoms with Crippen molar-refractivity contribution in [2.24, 2.45) is 5.92 Å². The smallest absolute Gasteiger partial charge is 0.279 e. The molecule has 0 aromatic rings. The molecule has 0 amide bonds. The van der Waals surface area contributed by atoms with Crippen LogP contribution in [0.15, 0.2) is 0 Å². The first-order valence-electron chi connectivity index (χ1n) is 7.09. The van der Waals surface area contributed by atoms with Crippen LogP contribution in [0.2, 0.25) is 0 Å². The Labute approximate surface area is 116 Å². The molecular formula is C12H25N3O3S. The zero-order chi connectivity index (χ0) is 13.7. The van der Waals surface area contributed by atoms with E-state index in [1.54, 1.807) is 11.4 Å². The Morgan fingerprint density at radius 1 is 1.32 bits per heavy atom. The van der Waals surface area contributed by atoms with Gasteiger partial charge in [-0.3, -0.25) is 0 Å². The second-order valence-electron chi connectivity index (χ2n) is 5.41. The highest BCUT2D eigenvalue weighted by atomic mass is 32.2. The Kier molecular flexibility index (Phi) is 5.58. The van der Waals surface area contributed by atoms with Crippen molar-refractivity contribution in [1.82, 2.24) is 14.3 Å². The van der Waals surface area contributed by atoms with Crippen LogP contribution in [0.25, 0.3) is 0 Å². The van der Waals surface area contributed by atoms with E-state index in [0.29, 0.717) is 25.6 Å². The minimum absolute atomic E-state index is 0.00415. The molecule has 1 atom stereocenters. The van der Waals surface area contributed by atoms with Crippen molar-refractivity contribution >= 4 is 10.2 Å². The fourth-order valence-electron chi connectivity index (χ4n) is 2.88. The van der Waals surface area contributed by atoms with E-state index in [1.807, 2.05) is 0 Å². The van der Waals surface area contributed by atoms with Crippen LogP contribution in [-0.2, 0) is 14.9 Å². The van der Waals surface area contributed by atoms with Crippen LogP contribution in [0.3, 0.4) is 0 Å². The normalized spacial score (nSPS) is 26.9.